The van der Waals surface area contributed by atoms with Crippen molar-refractivity contribution in [3.05, 3.63) is 23.2 Å². The third kappa shape index (κ3) is 5.54. The molecule has 1 rings (SSSR count). The quantitative estimate of drug-likeness (QED) is 0.863. The predicted molar refractivity (Wildman–Crippen MR) is 78.7 cm³/mol. The minimum Gasteiger partial charge on any atom is -0.497 e. The molecule has 0 saturated carbocycles. The first-order valence-corrected chi connectivity index (χ1v) is 7.14. The van der Waals surface area contributed by atoms with Crippen LogP contribution in [-0.2, 0) is 10.0 Å². The zero-order valence-electron chi connectivity index (χ0n) is 10.9. The highest BCUT2D eigenvalue weighted by Crippen LogP contribution is 2.25. The molecule has 0 atom stereocenters. The maximum atomic E-state index is 12.1. The molecule has 0 heterocycles. The zero-order chi connectivity index (χ0) is 14.0. The van der Waals surface area contributed by atoms with E-state index in [0.29, 0.717) is 5.75 Å². The smallest absolute Gasteiger partial charge is 0.242 e. The van der Waals surface area contributed by atoms with Crippen molar-refractivity contribution >= 4 is 34.0 Å². The second-order valence-electron chi connectivity index (χ2n) is 4.61. The van der Waals surface area contributed by atoms with Crippen LogP contribution in [-0.4, -0.2) is 27.6 Å². The number of benzene rings is 1. The molecule has 110 valence electrons. The average Bonchev–Trinajstić information content (AvgIpc) is 2.26. The van der Waals surface area contributed by atoms with Crippen molar-refractivity contribution in [1.29, 1.82) is 0 Å². The van der Waals surface area contributed by atoms with Crippen molar-refractivity contribution in [2.45, 2.75) is 24.3 Å². The van der Waals surface area contributed by atoms with Crippen LogP contribution in [0.3, 0.4) is 0 Å². The zero-order valence-corrected chi connectivity index (χ0v) is 13.3. The largest absolute Gasteiger partial charge is 0.497 e. The van der Waals surface area contributed by atoms with Gasteiger partial charge in [-0.15, -0.1) is 12.4 Å². The first kappa shape index (κ1) is 18.5. The Kier molecular flexibility index (Phi) is 6.57. The SMILES string of the molecule is COc1ccc(Cl)c(S(=O)(=O)NCC(C)(C)N)c1.Cl. The molecule has 1 aromatic carbocycles. The van der Waals surface area contributed by atoms with Crippen LogP contribution in [0.1, 0.15) is 13.8 Å². The summed E-state index contributed by atoms with van der Waals surface area (Å²) in [4.78, 5) is -0.0206. The molecule has 0 bridgehead atoms. The maximum Gasteiger partial charge on any atom is 0.242 e. The van der Waals surface area contributed by atoms with Gasteiger partial charge >= 0.3 is 0 Å². The Bertz CT molecular complexity index is 527. The lowest BCUT2D eigenvalue weighted by Crippen LogP contribution is -2.45. The van der Waals surface area contributed by atoms with Crippen molar-refractivity contribution in [1.82, 2.24) is 4.72 Å². The second kappa shape index (κ2) is 6.76. The Labute approximate surface area is 124 Å². The molecule has 0 aliphatic heterocycles. The fourth-order valence-corrected chi connectivity index (χ4v) is 2.91. The molecule has 0 saturated heterocycles. The van der Waals surface area contributed by atoms with E-state index >= 15 is 0 Å². The van der Waals surface area contributed by atoms with Crippen LogP contribution in [0.4, 0.5) is 0 Å². The van der Waals surface area contributed by atoms with Crippen molar-refractivity contribution < 1.29 is 13.2 Å². The van der Waals surface area contributed by atoms with Crippen molar-refractivity contribution in [2.75, 3.05) is 13.7 Å². The Morgan fingerprint density at radius 1 is 1.42 bits per heavy atom. The van der Waals surface area contributed by atoms with Gasteiger partial charge in [0.05, 0.1) is 12.1 Å². The predicted octanol–water partition coefficient (Wildman–Crippen LogP) is 1.79. The van der Waals surface area contributed by atoms with Crippen LogP contribution in [0.25, 0.3) is 0 Å². The van der Waals surface area contributed by atoms with Gasteiger partial charge in [-0.05, 0) is 26.0 Å². The summed E-state index contributed by atoms with van der Waals surface area (Å²) in [6, 6.07) is 4.44. The van der Waals surface area contributed by atoms with Crippen LogP contribution in [0.15, 0.2) is 23.1 Å². The molecule has 19 heavy (non-hydrogen) atoms. The Morgan fingerprint density at radius 2 is 2.00 bits per heavy atom. The third-order valence-corrected chi connectivity index (χ3v) is 4.03. The van der Waals surface area contributed by atoms with Gasteiger partial charge in [-0.1, -0.05) is 11.6 Å². The lowest BCUT2D eigenvalue weighted by atomic mass is 10.1. The van der Waals surface area contributed by atoms with E-state index in [2.05, 4.69) is 4.72 Å². The van der Waals surface area contributed by atoms with Gasteiger partial charge < -0.3 is 10.5 Å². The number of nitrogens with two attached hydrogens (primary N) is 1. The van der Waals surface area contributed by atoms with E-state index < -0.39 is 15.6 Å². The van der Waals surface area contributed by atoms with Crippen LogP contribution >= 0.6 is 24.0 Å². The molecule has 0 aliphatic rings. The summed E-state index contributed by atoms with van der Waals surface area (Å²) in [6.45, 7) is 3.56. The number of sulfonamides is 1. The monoisotopic (exact) mass is 328 g/mol. The molecule has 0 unspecified atom stereocenters. The van der Waals surface area contributed by atoms with Gasteiger partial charge in [-0.3, -0.25) is 0 Å². The first-order chi connectivity index (χ1) is 8.15. The molecule has 8 heteroatoms. The Hall–Kier alpha value is -0.530. The minimum atomic E-state index is -3.70. The number of nitrogens with one attached hydrogen (secondary N) is 1. The molecular formula is C11H18Cl2N2O3S. The molecule has 0 spiro atoms. The molecule has 0 aromatic heterocycles. The average molecular weight is 329 g/mol. The normalized spacial score (nSPS) is 11.8. The van der Waals surface area contributed by atoms with Crippen molar-refractivity contribution in [2.24, 2.45) is 5.73 Å². The topological polar surface area (TPSA) is 81.4 Å². The number of halogens is 2. The molecule has 5 nitrogen and oxygen atoms in total. The summed E-state index contributed by atoms with van der Waals surface area (Å²) in [5.74, 6) is 0.423. The summed E-state index contributed by atoms with van der Waals surface area (Å²) in [6.07, 6.45) is 0. The summed E-state index contributed by atoms with van der Waals surface area (Å²) in [5.41, 5.74) is 5.09. The Balaban J connectivity index is 0.00000324. The van der Waals surface area contributed by atoms with E-state index in [1.165, 1.54) is 19.2 Å². The van der Waals surface area contributed by atoms with Crippen LogP contribution in [0.5, 0.6) is 5.75 Å². The molecule has 0 fully saturated rings. The Morgan fingerprint density at radius 3 is 2.47 bits per heavy atom. The van der Waals surface area contributed by atoms with E-state index in [9.17, 15) is 8.42 Å². The number of ether oxygens (including phenoxy) is 1. The fraction of sp³-hybridized carbons (Fsp3) is 0.455. The van der Waals surface area contributed by atoms with Crippen LogP contribution in [0, 0.1) is 0 Å². The summed E-state index contributed by atoms with van der Waals surface area (Å²) in [5, 5.41) is 0.137. The van der Waals surface area contributed by atoms with E-state index in [-0.39, 0.29) is 28.9 Å². The van der Waals surface area contributed by atoms with E-state index in [0.717, 1.165) is 0 Å². The van der Waals surface area contributed by atoms with Crippen LogP contribution < -0.4 is 15.2 Å². The fourth-order valence-electron chi connectivity index (χ4n) is 1.18. The number of rotatable bonds is 5. The molecule has 1 aromatic rings. The third-order valence-electron chi connectivity index (χ3n) is 2.15. The summed E-state index contributed by atoms with van der Waals surface area (Å²) < 4.78 is 31.5. The van der Waals surface area contributed by atoms with Gasteiger partial charge in [-0.25, -0.2) is 13.1 Å². The highest BCUT2D eigenvalue weighted by Gasteiger charge is 2.21. The van der Waals surface area contributed by atoms with E-state index in [1.54, 1.807) is 19.9 Å². The van der Waals surface area contributed by atoms with Gasteiger partial charge in [0.1, 0.15) is 10.6 Å². The molecule has 3 N–H and O–H groups in total. The lowest BCUT2D eigenvalue weighted by molar-refractivity contribution is 0.413. The number of hydrogen-bond acceptors (Lipinski definition) is 4. The molecule has 0 aliphatic carbocycles. The van der Waals surface area contributed by atoms with Gasteiger partial charge in [0.2, 0.25) is 10.0 Å². The highest BCUT2D eigenvalue weighted by molar-refractivity contribution is 7.89. The maximum absolute atomic E-state index is 12.1. The molecule has 0 amide bonds. The number of hydrogen-bond donors (Lipinski definition) is 2. The highest BCUT2D eigenvalue weighted by atomic mass is 35.5. The minimum absolute atomic E-state index is 0. The molecular weight excluding hydrogens is 311 g/mol. The second-order valence-corrected chi connectivity index (χ2v) is 6.75. The van der Waals surface area contributed by atoms with Gasteiger partial charge in [0.25, 0.3) is 0 Å². The van der Waals surface area contributed by atoms with Gasteiger partial charge in [0, 0.05) is 18.2 Å². The lowest BCUT2D eigenvalue weighted by Gasteiger charge is -2.19. The van der Waals surface area contributed by atoms with E-state index in [1.807, 2.05) is 0 Å². The van der Waals surface area contributed by atoms with Crippen molar-refractivity contribution in [3.8, 4) is 5.75 Å². The first-order valence-electron chi connectivity index (χ1n) is 5.28. The molecule has 0 radical (unpaired) electrons. The summed E-state index contributed by atoms with van der Waals surface area (Å²) >= 11 is 5.88. The van der Waals surface area contributed by atoms with E-state index in [4.69, 9.17) is 22.1 Å². The van der Waals surface area contributed by atoms with Crippen molar-refractivity contribution in [3.63, 3.8) is 0 Å². The standard InChI is InChI=1S/C11H17ClN2O3S.ClH/c1-11(2,13)7-14-18(15,16)10-6-8(17-3)4-5-9(10)12;/h4-6,14H,7,13H2,1-3H3;1H. The van der Waals surface area contributed by atoms with Gasteiger partial charge in [-0.2, -0.15) is 0 Å². The van der Waals surface area contributed by atoms with Gasteiger partial charge in [0.15, 0.2) is 0 Å². The summed E-state index contributed by atoms with van der Waals surface area (Å²) in [7, 11) is -2.24. The number of methoxy groups -OCH3 is 1. The van der Waals surface area contributed by atoms with Crippen LogP contribution in [0.2, 0.25) is 5.02 Å².